The summed E-state index contributed by atoms with van der Waals surface area (Å²) in [5.41, 5.74) is 0. The molecular weight excluding hydrogens is 465 g/mol. The predicted octanol–water partition coefficient (Wildman–Crippen LogP) is 2.64. The molecule has 0 saturated carbocycles. The van der Waals surface area contributed by atoms with Crippen molar-refractivity contribution in [2.75, 3.05) is 0 Å². The Morgan fingerprint density at radius 3 is 1.00 bits per heavy atom. The van der Waals surface area contributed by atoms with Crippen LogP contribution in [-0.4, -0.2) is 4.42 Å². The zero-order valence-electron chi connectivity index (χ0n) is 1.71. The summed E-state index contributed by atoms with van der Waals surface area (Å²) >= 11 is 7.51. The molecule has 4 heteroatoms. The third-order valence-electron chi connectivity index (χ3n) is 0. The molecule has 0 aromatic heterocycles. The topological polar surface area (TPSA) is 0 Å². The van der Waals surface area contributed by atoms with Gasteiger partial charge in [0.15, 0.2) is 0 Å². The molecule has 0 rings (SSSR count). The summed E-state index contributed by atoms with van der Waals surface area (Å²) < 4.78 is -0.569. The Balaban J connectivity index is 0. The Morgan fingerprint density at radius 2 is 1.00 bits per heavy atom. The summed E-state index contributed by atoms with van der Waals surface area (Å²) in [6, 6.07) is 0. The van der Waals surface area contributed by atoms with E-state index in [9.17, 15) is 0 Å². The van der Waals surface area contributed by atoms with Crippen LogP contribution in [0.5, 0.6) is 0 Å². The van der Waals surface area contributed by atoms with Crippen LogP contribution in [0.2, 0.25) is 0 Å². The Labute approximate surface area is 70.8 Å². The van der Waals surface area contributed by atoms with Crippen LogP contribution in [0.25, 0.3) is 0 Å². The van der Waals surface area contributed by atoms with Crippen LogP contribution in [0.4, 0.5) is 0 Å². The molecule has 0 spiro atoms. The summed E-state index contributed by atoms with van der Waals surface area (Å²) in [6.07, 6.45) is 0. The van der Waals surface area contributed by atoms with Crippen LogP contribution >= 0.6 is 60.6 Å². The predicted molar refractivity (Wildman–Crippen MR) is 55.9 cm³/mol. The Kier molecular flexibility index (Phi) is 14.4. The molecule has 0 aliphatic rings. The maximum absolute atomic E-state index is 2.50. The molecule has 0 aliphatic heterocycles. The molecule has 0 fully saturated rings. The van der Waals surface area contributed by atoms with Crippen LogP contribution in [0.1, 0.15) is 7.43 Å². The van der Waals surface area contributed by atoms with Crippen LogP contribution in [0, 0.1) is 0 Å². The minimum absolute atomic E-state index is 0. The van der Waals surface area contributed by atoms with Crippen LogP contribution in [0.15, 0.2) is 0 Å². The SMILES string of the molecule is C.[I][GeH]([I])[I]. The molecule has 0 unspecified atom stereocenters. The van der Waals surface area contributed by atoms with Gasteiger partial charge < -0.3 is 0 Å². The van der Waals surface area contributed by atoms with E-state index < -0.39 is 4.42 Å². The number of rotatable bonds is 0. The van der Waals surface area contributed by atoms with Crippen molar-refractivity contribution in [3.8, 4) is 0 Å². The zero-order valence-corrected chi connectivity index (χ0v) is 10.6. The summed E-state index contributed by atoms with van der Waals surface area (Å²) in [5.74, 6) is 0. The van der Waals surface area contributed by atoms with Gasteiger partial charge in [0.05, 0.1) is 0 Å². The first-order chi connectivity index (χ1) is 1.73. The van der Waals surface area contributed by atoms with Crippen molar-refractivity contribution in [1.29, 1.82) is 0 Å². The minimum atomic E-state index is -0.569. The summed E-state index contributed by atoms with van der Waals surface area (Å²) in [6.45, 7) is 0. The van der Waals surface area contributed by atoms with Crippen molar-refractivity contribution in [2.24, 2.45) is 0 Å². The van der Waals surface area contributed by atoms with Crippen LogP contribution in [-0.2, 0) is 0 Å². The molecule has 0 aromatic rings. The quantitative estimate of drug-likeness (QED) is 0.378. The molecule has 0 bridgehead atoms. The van der Waals surface area contributed by atoms with Gasteiger partial charge in [-0.15, -0.1) is 0 Å². The molecule has 0 N–H and O–H groups in total. The van der Waals surface area contributed by atoms with Gasteiger partial charge in [0.1, 0.15) is 0 Å². The molecule has 34 valence electrons. The third-order valence-corrected chi connectivity index (χ3v) is 0. The summed E-state index contributed by atoms with van der Waals surface area (Å²) in [7, 11) is 0. The van der Waals surface area contributed by atoms with Gasteiger partial charge in [-0.3, -0.25) is 0 Å². The van der Waals surface area contributed by atoms with Crippen molar-refractivity contribution >= 4 is 65.1 Å². The van der Waals surface area contributed by atoms with Gasteiger partial charge in [-0.1, -0.05) is 7.43 Å². The standard InChI is InChI=1S/CH4.GeHI3/c;2-1(3)4/h1H4;1H. The van der Waals surface area contributed by atoms with E-state index in [1.165, 1.54) is 0 Å². The van der Waals surface area contributed by atoms with Gasteiger partial charge >= 0.3 is 65.1 Å². The second-order valence-electron chi connectivity index (χ2n) is 0.247. The van der Waals surface area contributed by atoms with E-state index in [2.05, 4.69) is 60.6 Å². The van der Waals surface area contributed by atoms with Gasteiger partial charge in [0.2, 0.25) is 0 Å². The fourth-order valence-electron chi connectivity index (χ4n) is 0. The van der Waals surface area contributed by atoms with E-state index in [1.807, 2.05) is 0 Å². The van der Waals surface area contributed by atoms with E-state index in [-0.39, 0.29) is 7.43 Å². The van der Waals surface area contributed by atoms with Crippen molar-refractivity contribution in [1.82, 2.24) is 0 Å². The van der Waals surface area contributed by atoms with Gasteiger partial charge in [-0.25, -0.2) is 0 Å². The van der Waals surface area contributed by atoms with Crippen molar-refractivity contribution in [3.63, 3.8) is 0 Å². The van der Waals surface area contributed by atoms with Gasteiger partial charge in [-0.05, 0) is 0 Å². The van der Waals surface area contributed by atoms with Gasteiger partial charge in [0, 0.05) is 0 Å². The average Bonchev–Trinajstić information content (AvgIpc) is 0.811. The van der Waals surface area contributed by atoms with E-state index in [4.69, 9.17) is 0 Å². The molecule has 0 amide bonds. The number of halogens is 3. The van der Waals surface area contributed by atoms with Gasteiger partial charge in [0.25, 0.3) is 0 Å². The molecule has 0 radical (unpaired) electrons. The normalized spacial score (nSPS) is 7.20. The molecule has 0 atom stereocenters. The molecule has 0 nitrogen and oxygen atoms in total. The molecule has 0 aliphatic carbocycles. The average molecular weight is 470 g/mol. The fraction of sp³-hybridized carbons (Fsp3) is 1.00. The molecule has 0 aromatic carbocycles. The van der Waals surface area contributed by atoms with E-state index in [0.29, 0.717) is 0 Å². The molecule has 0 heterocycles. The first-order valence-corrected chi connectivity index (χ1v) is 22.8. The molecule has 0 saturated heterocycles. The number of hydrogen-bond acceptors (Lipinski definition) is 0. The molecule has 5 heavy (non-hydrogen) atoms. The van der Waals surface area contributed by atoms with Gasteiger partial charge in [-0.2, -0.15) is 0 Å². The van der Waals surface area contributed by atoms with Crippen molar-refractivity contribution < 1.29 is 0 Å². The van der Waals surface area contributed by atoms with E-state index >= 15 is 0 Å². The second-order valence-corrected chi connectivity index (χ2v) is 57.9. The van der Waals surface area contributed by atoms with Crippen LogP contribution < -0.4 is 0 Å². The first-order valence-electron chi connectivity index (χ1n) is 0.655. The summed E-state index contributed by atoms with van der Waals surface area (Å²) in [4.78, 5) is 0. The number of hydrogen-bond donors (Lipinski definition) is 0. The fourth-order valence-corrected chi connectivity index (χ4v) is 0. The Morgan fingerprint density at radius 1 is 1.00 bits per heavy atom. The van der Waals surface area contributed by atoms with E-state index in [0.717, 1.165) is 0 Å². The van der Waals surface area contributed by atoms with Crippen molar-refractivity contribution in [3.05, 3.63) is 0 Å². The Bertz CT molecular complexity index is 11.6. The maximum atomic E-state index is 2.50. The third kappa shape index (κ3) is 20.2. The molecular formula is CH5GeI3. The van der Waals surface area contributed by atoms with E-state index in [1.54, 1.807) is 0 Å². The Hall–Kier alpha value is 2.73. The van der Waals surface area contributed by atoms with Crippen molar-refractivity contribution in [2.45, 2.75) is 7.43 Å². The summed E-state index contributed by atoms with van der Waals surface area (Å²) in [5, 5.41) is 0. The first kappa shape index (κ1) is 10.7. The van der Waals surface area contributed by atoms with Crippen LogP contribution in [0.3, 0.4) is 0 Å². The zero-order chi connectivity index (χ0) is 3.58. The second kappa shape index (κ2) is 6.73. The monoisotopic (exact) mass is 472 g/mol.